The maximum Gasteiger partial charge on any atom is 1.00 e. The quantitative estimate of drug-likeness (QED) is 0.247. The van der Waals surface area contributed by atoms with Gasteiger partial charge in [0.05, 0.1) is 12.0 Å². The SMILES string of the molecule is CC1(C)S[C@@H]2[C@H](NC(=O)C(c3ccccc3)S(=O)(=O)[O-])C(=O)N2[C@H]1C(=O)[O-].O.[Na+].[Na+]. The van der Waals surface area contributed by atoms with Crippen molar-refractivity contribution in [1.82, 2.24) is 10.2 Å². The number of hydrogen-bond donors (Lipinski definition) is 1. The third-order valence-electron chi connectivity index (χ3n) is 4.59. The number of β-lactam (4-membered cyclic amide) rings is 1. The number of carboxylic acid groups (broad SMARTS) is 1. The Morgan fingerprint density at radius 2 is 1.73 bits per heavy atom. The van der Waals surface area contributed by atoms with Gasteiger partial charge < -0.3 is 30.1 Å². The van der Waals surface area contributed by atoms with E-state index in [2.05, 4.69) is 5.32 Å². The molecule has 2 fully saturated rings. The fourth-order valence-corrected chi connectivity index (χ4v) is 5.87. The largest absolute Gasteiger partial charge is 1.00 e. The van der Waals surface area contributed by atoms with Crippen LogP contribution in [0.25, 0.3) is 0 Å². The first kappa shape index (κ1) is 29.9. The maximum absolute atomic E-state index is 12.5. The van der Waals surface area contributed by atoms with Crippen molar-refractivity contribution < 1.29 is 97.1 Å². The fraction of sp³-hybridized carbons (Fsp3) is 0.438. The van der Waals surface area contributed by atoms with Crippen molar-refractivity contribution in [2.24, 2.45) is 0 Å². The molecule has 3 rings (SSSR count). The summed E-state index contributed by atoms with van der Waals surface area (Å²) in [5, 5.41) is 11.0. The number of fused-ring (bicyclic) bond motifs is 1. The van der Waals surface area contributed by atoms with Gasteiger partial charge in [0.15, 0.2) is 5.25 Å². The van der Waals surface area contributed by atoms with E-state index in [0.29, 0.717) is 0 Å². The van der Waals surface area contributed by atoms with Gasteiger partial charge in [0.2, 0.25) is 11.8 Å². The number of aliphatic carboxylic acids is 1. The van der Waals surface area contributed by atoms with Crippen LogP contribution in [-0.4, -0.2) is 63.3 Å². The molecule has 0 saturated carbocycles. The maximum atomic E-state index is 12.5. The summed E-state index contributed by atoms with van der Waals surface area (Å²) in [5.41, 5.74) is -0.0133. The van der Waals surface area contributed by atoms with Crippen LogP contribution >= 0.6 is 11.8 Å². The Labute approximate surface area is 222 Å². The first-order valence-corrected chi connectivity index (χ1v) is 10.3. The molecule has 3 N–H and O–H groups in total. The molecular weight excluding hydrogens is 458 g/mol. The summed E-state index contributed by atoms with van der Waals surface area (Å²) in [4.78, 5) is 37.4. The zero-order valence-corrected chi connectivity index (χ0v) is 22.5. The first-order valence-electron chi connectivity index (χ1n) is 7.96. The molecule has 0 spiro atoms. The Hall–Kier alpha value is -0.150. The monoisotopic (exact) mass is 476 g/mol. The second-order valence-electron chi connectivity index (χ2n) is 6.85. The summed E-state index contributed by atoms with van der Waals surface area (Å²) >= 11 is 1.16. The number of carbonyl (C=O) groups excluding carboxylic acids is 3. The minimum atomic E-state index is -5.03. The zero-order chi connectivity index (χ0) is 20.1. The smallest absolute Gasteiger partial charge is 0.747 e. The van der Waals surface area contributed by atoms with Gasteiger partial charge in [-0.2, -0.15) is 0 Å². The molecule has 154 valence electrons. The van der Waals surface area contributed by atoms with Gasteiger partial charge in [-0.1, -0.05) is 30.3 Å². The van der Waals surface area contributed by atoms with Crippen molar-refractivity contribution >= 4 is 39.7 Å². The second-order valence-corrected chi connectivity index (χ2v) is 10.1. The third-order valence-corrected chi connectivity index (χ3v) is 7.23. The summed E-state index contributed by atoms with van der Waals surface area (Å²) in [6.07, 6.45) is 0. The fourth-order valence-electron chi connectivity index (χ4n) is 3.43. The molecule has 2 aliphatic rings. The van der Waals surface area contributed by atoms with Crippen molar-refractivity contribution in [2.45, 2.75) is 41.3 Å². The van der Waals surface area contributed by atoms with Gasteiger partial charge in [-0.3, -0.25) is 9.59 Å². The van der Waals surface area contributed by atoms with Gasteiger partial charge in [0, 0.05) is 4.75 Å². The van der Waals surface area contributed by atoms with E-state index in [1.165, 1.54) is 24.3 Å². The number of nitrogens with one attached hydrogen (secondary N) is 1. The average molecular weight is 476 g/mol. The minimum absolute atomic E-state index is 0. The number of carbonyl (C=O) groups is 3. The summed E-state index contributed by atoms with van der Waals surface area (Å²) in [7, 11) is -5.03. The van der Waals surface area contributed by atoms with E-state index in [4.69, 9.17) is 0 Å². The van der Waals surface area contributed by atoms with Crippen LogP contribution in [0.5, 0.6) is 0 Å². The van der Waals surface area contributed by atoms with Crippen molar-refractivity contribution in [3.05, 3.63) is 35.9 Å². The second kappa shape index (κ2) is 10.6. The standard InChI is InChI=1S/C16H18N2O7S2.2Na.H2O/c1-16(2)11(15(21)22)18-13(20)9(14(18)26-16)17-12(19)10(27(23,24)25)8-6-4-3-5-7-8;;;/h3-7,9-11,14H,1-2H3,(H,17,19)(H,21,22)(H,23,24,25);;;1H2/q;2*+1;/p-2/t9-,10?,11+,14-;;;/m1.../s1. The molecule has 2 amide bonds. The van der Waals surface area contributed by atoms with Gasteiger partial charge in [-0.15, -0.1) is 11.8 Å². The summed E-state index contributed by atoms with van der Waals surface area (Å²) in [5.74, 6) is -3.18. The van der Waals surface area contributed by atoms with Crippen molar-refractivity contribution in [2.75, 3.05) is 0 Å². The van der Waals surface area contributed by atoms with Crippen LogP contribution in [0.4, 0.5) is 0 Å². The molecular formula is C16H18N2Na2O8S2. The number of rotatable bonds is 5. The predicted octanol–water partition coefficient (Wildman–Crippen LogP) is -8.25. The number of thioether (sulfide) groups is 1. The number of amides is 2. The van der Waals surface area contributed by atoms with Crippen LogP contribution in [0.3, 0.4) is 0 Å². The molecule has 0 aliphatic carbocycles. The zero-order valence-electron chi connectivity index (χ0n) is 16.8. The molecule has 1 unspecified atom stereocenters. The average Bonchev–Trinajstić information content (AvgIpc) is 2.81. The van der Waals surface area contributed by atoms with E-state index >= 15 is 0 Å². The van der Waals surface area contributed by atoms with Gasteiger partial charge >= 0.3 is 59.1 Å². The first-order chi connectivity index (χ1) is 12.4. The van der Waals surface area contributed by atoms with Crippen LogP contribution in [0, 0.1) is 0 Å². The summed E-state index contributed by atoms with van der Waals surface area (Å²) < 4.78 is 34.0. The van der Waals surface area contributed by atoms with Crippen molar-refractivity contribution in [3.63, 3.8) is 0 Å². The Bertz CT molecular complexity index is 913. The molecule has 1 aromatic rings. The Kier molecular flexibility index (Phi) is 10.6. The van der Waals surface area contributed by atoms with Crippen molar-refractivity contribution in [1.29, 1.82) is 0 Å². The van der Waals surface area contributed by atoms with E-state index < -0.39 is 55.4 Å². The van der Waals surface area contributed by atoms with Crippen LogP contribution < -0.4 is 69.5 Å². The van der Waals surface area contributed by atoms with E-state index in [1.807, 2.05) is 0 Å². The van der Waals surface area contributed by atoms with Crippen LogP contribution in [0.15, 0.2) is 30.3 Å². The molecule has 4 atom stereocenters. The van der Waals surface area contributed by atoms with E-state index in [1.54, 1.807) is 19.9 Å². The Morgan fingerprint density at radius 1 is 1.20 bits per heavy atom. The number of nitrogens with zero attached hydrogens (tertiary/aromatic N) is 1. The molecule has 14 heteroatoms. The Balaban J connectivity index is 0.00000280. The molecule has 1 aromatic carbocycles. The van der Waals surface area contributed by atoms with Gasteiger partial charge in [0.1, 0.15) is 21.5 Å². The number of carboxylic acids is 1. The summed E-state index contributed by atoms with van der Waals surface area (Å²) in [6.45, 7) is 3.27. The topological polar surface area (TPSA) is 178 Å². The minimum Gasteiger partial charge on any atom is -0.747 e. The van der Waals surface area contributed by atoms with Gasteiger partial charge in [-0.25, -0.2) is 8.42 Å². The van der Waals surface area contributed by atoms with E-state index in [-0.39, 0.29) is 70.2 Å². The molecule has 0 bridgehead atoms. The van der Waals surface area contributed by atoms with E-state index in [9.17, 15) is 32.5 Å². The normalized spacial score (nSPS) is 24.7. The molecule has 0 radical (unpaired) electrons. The predicted molar refractivity (Wildman–Crippen MR) is 95.5 cm³/mol. The van der Waals surface area contributed by atoms with Crippen LogP contribution in [0.1, 0.15) is 24.7 Å². The van der Waals surface area contributed by atoms with Crippen LogP contribution in [-0.2, 0) is 24.5 Å². The molecule has 2 heterocycles. The Morgan fingerprint density at radius 3 is 2.20 bits per heavy atom. The number of hydrogen-bond acceptors (Lipinski definition) is 8. The van der Waals surface area contributed by atoms with Crippen molar-refractivity contribution in [3.8, 4) is 0 Å². The van der Waals surface area contributed by atoms with Crippen LogP contribution in [0.2, 0.25) is 0 Å². The van der Waals surface area contributed by atoms with Gasteiger partial charge in [-0.05, 0) is 19.4 Å². The van der Waals surface area contributed by atoms with Gasteiger partial charge in [0.25, 0.3) is 0 Å². The van der Waals surface area contributed by atoms with E-state index in [0.717, 1.165) is 16.7 Å². The molecule has 2 saturated heterocycles. The molecule has 0 aromatic heterocycles. The summed E-state index contributed by atoms with van der Waals surface area (Å²) in [6, 6.07) is 4.94. The number of benzene rings is 1. The molecule has 10 nitrogen and oxygen atoms in total. The molecule has 30 heavy (non-hydrogen) atoms. The molecule has 2 aliphatic heterocycles. The third kappa shape index (κ3) is 5.42.